The van der Waals surface area contributed by atoms with Gasteiger partial charge in [-0.25, -0.2) is 14.2 Å². The molecule has 0 radical (unpaired) electrons. The number of nitrogens with zero attached hydrogens (tertiary/aromatic N) is 2. The van der Waals surface area contributed by atoms with Crippen LogP contribution in [-0.4, -0.2) is 23.9 Å². The third-order valence-corrected chi connectivity index (χ3v) is 6.78. The molecule has 0 saturated heterocycles. The second-order valence-corrected chi connectivity index (χ2v) is 8.76. The SMILES string of the molecule is COC(=O)C1=C(C)N=c2sc(=Cc3ccccc3F)c(=O)n2C1c1ccc(SC)cc1. The number of aromatic nitrogens is 1. The van der Waals surface area contributed by atoms with Crippen LogP contribution in [0.2, 0.25) is 0 Å². The van der Waals surface area contributed by atoms with Crippen molar-refractivity contribution in [2.45, 2.75) is 17.9 Å². The molecule has 1 aliphatic heterocycles. The van der Waals surface area contributed by atoms with Crippen LogP contribution in [0.15, 0.2) is 74.5 Å². The molecule has 0 saturated carbocycles. The van der Waals surface area contributed by atoms with E-state index in [4.69, 9.17) is 4.74 Å². The molecule has 8 heteroatoms. The predicted molar refractivity (Wildman–Crippen MR) is 120 cm³/mol. The number of ether oxygens (including phenoxy) is 1. The number of fused-ring (bicyclic) bond motifs is 1. The first-order valence-corrected chi connectivity index (χ1v) is 11.5. The number of thiazole rings is 1. The minimum Gasteiger partial charge on any atom is -0.466 e. The number of thioether (sulfide) groups is 1. The molecule has 4 rings (SSSR count). The maximum Gasteiger partial charge on any atom is 0.338 e. The summed E-state index contributed by atoms with van der Waals surface area (Å²) in [6, 6.07) is 13.3. The smallest absolute Gasteiger partial charge is 0.338 e. The van der Waals surface area contributed by atoms with Gasteiger partial charge in [-0.1, -0.05) is 41.7 Å². The molecular weight excluding hydrogens is 435 g/mol. The summed E-state index contributed by atoms with van der Waals surface area (Å²) in [5.74, 6) is -0.951. The molecule has 0 N–H and O–H groups in total. The molecule has 0 fully saturated rings. The van der Waals surface area contributed by atoms with Crippen LogP contribution < -0.4 is 14.9 Å². The van der Waals surface area contributed by atoms with Crippen molar-refractivity contribution in [2.24, 2.45) is 4.99 Å². The standard InChI is InChI=1S/C23H19FN2O3S2/c1-13-19(22(28)29-2)20(14-8-10-16(30-3)11-9-14)26-21(27)18(31-23(26)25-13)12-15-6-4-5-7-17(15)24/h4-12,20H,1-3H3. The van der Waals surface area contributed by atoms with E-state index in [1.165, 1.54) is 35.2 Å². The van der Waals surface area contributed by atoms with E-state index < -0.39 is 17.8 Å². The van der Waals surface area contributed by atoms with Gasteiger partial charge in [0, 0.05) is 10.5 Å². The molecule has 1 atom stereocenters. The van der Waals surface area contributed by atoms with Crippen LogP contribution >= 0.6 is 23.1 Å². The molecule has 5 nitrogen and oxygen atoms in total. The zero-order valence-corrected chi connectivity index (χ0v) is 18.7. The summed E-state index contributed by atoms with van der Waals surface area (Å²) >= 11 is 2.77. The van der Waals surface area contributed by atoms with Crippen LogP contribution in [0.1, 0.15) is 24.1 Å². The van der Waals surface area contributed by atoms with E-state index in [2.05, 4.69) is 4.99 Å². The normalized spacial score (nSPS) is 16.1. The van der Waals surface area contributed by atoms with Crippen LogP contribution in [0.25, 0.3) is 6.08 Å². The zero-order valence-electron chi connectivity index (χ0n) is 17.1. The van der Waals surface area contributed by atoms with Gasteiger partial charge < -0.3 is 4.74 Å². The van der Waals surface area contributed by atoms with Crippen LogP contribution in [0.4, 0.5) is 4.39 Å². The van der Waals surface area contributed by atoms with Gasteiger partial charge in [-0.15, -0.1) is 11.8 Å². The topological polar surface area (TPSA) is 60.7 Å². The molecule has 0 aliphatic carbocycles. The predicted octanol–water partition coefficient (Wildman–Crippen LogP) is 3.27. The lowest BCUT2D eigenvalue weighted by Crippen LogP contribution is -2.39. The first kappa shape index (κ1) is 21.3. The largest absolute Gasteiger partial charge is 0.466 e. The molecule has 0 spiro atoms. The average Bonchev–Trinajstić information content (AvgIpc) is 3.08. The summed E-state index contributed by atoms with van der Waals surface area (Å²) in [5, 5.41) is 0. The van der Waals surface area contributed by atoms with Crippen molar-refractivity contribution in [3.63, 3.8) is 0 Å². The molecule has 158 valence electrons. The van der Waals surface area contributed by atoms with Gasteiger partial charge in [0.15, 0.2) is 4.80 Å². The van der Waals surface area contributed by atoms with Gasteiger partial charge in [-0.2, -0.15) is 0 Å². The van der Waals surface area contributed by atoms with Gasteiger partial charge in [-0.3, -0.25) is 9.36 Å². The van der Waals surface area contributed by atoms with Crippen molar-refractivity contribution in [3.05, 3.63) is 96.4 Å². The molecule has 3 aromatic rings. The van der Waals surface area contributed by atoms with Gasteiger partial charge in [-0.05, 0) is 43.0 Å². The number of hydrogen-bond acceptors (Lipinski definition) is 6. The van der Waals surface area contributed by atoms with Crippen molar-refractivity contribution in [1.29, 1.82) is 0 Å². The fourth-order valence-electron chi connectivity index (χ4n) is 3.53. The lowest BCUT2D eigenvalue weighted by Gasteiger charge is -2.24. The fourth-order valence-corrected chi connectivity index (χ4v) is 4.97. The molecule has 31 heavy (non-hydrogen) atoms. The second-order valence-electron chi connectivity index (χ2n) is 6.87. The highest BCUT2D eigenvalue weighted by Crippen LogP contribution is 2.31. The third kappa shape index (κ3) is 3.88. The van der Waals surface area contributed by atoms with Gasteiger partial charge >= 0.3 is 5.97 Å². The first-order valence-electron chi connectivity index (χ1n) is 9.44. The first-order chi connectivity index (χ1) is 14.9. The van der Waals surface area contributed by atoms with Gasteiger partial charge in [0.1, 0.15) is 5.82 Å². The third-order valence-electron chi connectivity index (χ3n) is 5.05. The van der Waals surface area contributed by atoms with Crippen LogP contribution in [0.5, 0.6) is 0 Å². The Morgan fingerprint density at radius 3 is 2.58 bits per heavy atom. The summed E-state index contributed by atoms with van der Waals surface area (Å²) in [4.78, 5) is 32.0. The van der Waals surface area contributed by atoms with Crippen molar-refractivity contribution in [3.8, 4) is 0 Å². The van der Waals surface area contributed by atoms with Crippen LogP contribution in [0.3, 0.4) is 0 Å². The van der Waals surface area contributed by atoms with Crippen molar-refractivity contribution in [2.75, 3.05) is 13.4 Å². The number of halogens is 1. The summed E-state index contributed by atoms with van der Waals surface area (Å²) in [6.45, 7) is 1.73. The molecule has 1 aromatic heterocycles. The quantitative estimate of drug-likeness (QED) is 0.449. The number of hydrogen-bond donors (Lipinski definition) is 0. The second kappa shape index (κ2) is 8.64. The summed E-state index contributed by atoms with van der Waals surface area (Å²) in [6.07, 6.45) is 3.49. The number of allylic oxidation sites excluding steroid dienone is 1. The highest BCUT2D eigenvalue weighted by Gasteiger charge is 2.33. The lowest BCUT2D eigenvalue weighted by molar-refractivity contribution is -0.136. The fraction of sp³-hybridized carbons (Fsp3) is 0.174. The lowest BCUT2D eigenvalue weighted by atomic mass is 9.96. The Hall–Kier alpha value is -2.97. The zero-order chi connectivity index (χ0) is 22.1. The average molecular weight is 455 g/mol. The molecule has 1 unspecified atom stereocenters. The summed E-state index contributed by atoms with van der Waals surface area (Å²) in [7, 11) is 1.31. The van der Waals surface area contributed by atoms with Crippen LogP contribution in [-0.2, 0) is 9.53 Å². The molecule has 0 bridgehead atoms. The number of methoxy groups -OCH3 is 1. The Balaban J connectivity index is 1.97. The van der Waals surface area contributed by atoms with Crippen molar-refractivity contribution in [1.82, 2.24) is 4.57 Å². The Labute approximate surface area is 186 Å². The number of carbonyl (C=O) groups excluding carboxylic acids is 1. The molecule has 1 aliphatic rings. The van der Waals surface area contributed by atoms with E-state index in [0.717, 1.165) is 10.5 Å². The monoisotopic (exact) mass is 454 g/mol. The van der Waals surface area contributed by atoms with E-state index in [1.807, 2.05) is 30.5 Å². The molecule has 2 heterocycles. The maximum absolute atomic E-state index is 14.1. The van der Waals surface area contributed by atoms with Crippen molar-refractivity contribution < 1.29 is 13.9 Å². The van der Waals surface area contributed by atoms with Gasteiger partial charge in [0.05, 0.1) is 29.0 Å². The summed E-state index contributed by atoms with van der Waals surface area (Å²) < 4.78 is 21.0. The number of esters is 1. The van der Waals surface area contributed by atoms with Gasteiger partial charge in [0.25, 0.3) is 5.56 Å². The maximum atomic E-state index is 14.1. The minimum atomic E-state index is -0.678. The summed E-state index contributed by atoms with van der Waals surface area (Å²) in [5.41, 5.74) is 1.55. The minimum absolute atomic E-state index is 0.309. The van der Waals surface area contributed by atoms with E-state index in [1.54, 1.807) is 36.9 Å². The van der Waals surface area contributed by atoms with Crippen LogP contribution in [0, 0.1) is 5.82 Å². The molecule has 0 amide bonds. The Morgan fingerprint density at radius 2 is 1.94 bits per heavy atom. The van der Waals surface area contributed by atoms with E-state index in [9.17, 15) is 14.0 Å². The van der Waals surface area contributed by atoms with E-state index in [-0.39, 0.29) is 5.56 Å². The van der Waals surface area contributed by atoms with E-state index in [0.29, 0.717) is 26.2 Å². The Bertz CT molecular complexity index is 1370. The van der Waals surface area contributed by atoms with Gasteiger partial charge in [0.2, 0.25) is 0 Å². The number of benzene rings is 2. The Morgan fingerprint density at radius 1 is 1.23 bits per heavy atom. The number of carbonyl (C=O) groups is 1. The molecular formula is C23H19FN2O3S2. The highest BCUT2D eigenvalue weighted by molar-refractivity contribution is 7.98. The molecule has 2 aromatic carbocycles. The van der Waals surface area contributed by atoms with E-state index >= 15 is 0 Å². The Kier molecular flexibility index (Phi) is 5.93. The van der Waals surface area contributed by atoms with Crippen molar-refractivity contribution >= 4 is 35.1 Å². The highest BCUT2D eigenvalue weighted by atomic mass is 32.2. The number of rotatable bonds is 4.